The molecular formula is C45H74N2O19. The fourth-order valence-electron chi connectivity index (χ4n) is 5.46. The average Bonchev–Trinajstić information content (AvgIpc) is 3.51. The average molecular weight is 947 g/mol. The number of carbonyl (C=O) groups is 8. The number of amides is 3. The standard InChI is InChI=1S/C45H74N2O19/c1-42(2,3)37(51)61-28-29-34(63-38(52)43(4,5)6)35(64-39(53)44(7,8)9)33(36(62-29)65-40(54)45(10,11)12)46-30(48)16-14-13-15-19-56-20-21-57-22-23-58-24-25-59-26-27-60-41(55)66-47-31(49)17-18-32(47)50/h29,33-36H,13-28H2,1-12H3,(H,46,48)/t29-,33-,34+,35-,36?/m1/s1. The summed E-state index contributed by atoms with van der Waals surface area (Å²) >= 11 is 0. The van der Waals surface area contributed by atoms with E-state index in [2.05, 4.69) is 10.2 Å². The fourth-order valence-corrected chi connectivity index (χ4v) is 5.46. The highest BCUT2D eigenvalue weighted by molar-refractivity contribution is 6.01. The summed E-state index contributed by atoms with van der Waals surface area (Å²) in [6.07, 6.45) is -5.09. The quantitative estimate of drug-likeness (QED) is 0.0584. The minimum atomic E-state index is -1.54. The van der Waals surface area contributed by atoms with Gasteiger partial charge in [-0.25, -0.2) is 4.79 Å². The first-order chi connectivity index (χ1) is 30.6. The molecule has 66 heavy (non-hydrogen) atoms. The lowest BCUT2D eigenvalue weighted by molar-refractivity contribution is -0.277. The first-order valence-electron chi connectivity index (χ1n) is 22.4. The van der Waals surface area contributed by atoms with E-state index in [1.54, 1.807) is 83.1 Å². The Morgan fingerprint density at radius 1 is 0.545 bits per heavy atom. The van der Waals surface area contributed by atoms with Crippen LogP contribution in [-0.2, 0) is 85.8 Å². The Balaban J connectivity index is 1.87. The van der Waals surface area contributed by atoms with Crippen molar-refractivity contribution in [3.63, 3.8) is 0 Å². The lowest BCUT2D eigenvalue weighted by Crippen LogP contribution is -2.67. The molecule has 3 amide bonds. The van der Waals surface area contributed by atoms with Gasteiger partial charge in [-0.15, -0.1) is 0 Å². The number of hydrogen-bond donors (Lipinski definition) is 1. The first-order valence-corrected chi connectivity index (χ1v) is 22.4. The third-order valence-electron chi connectivity index (χ3n) is 9.44. The number of ether oxygens (including phenoxy) is 10. The molecule has 21 nitrogen and oxygen atoms in total. The zero-order valence-corrected chi connectivity index (χ0v) is 40.9. The van der Waals surface area contributed by atoms with E-state index in [1.807, 2.05) is 0 Å². The zero-order chi connectivity index (χ0) is 49.9. The van der Waals surface area contributed by atoms with Crippen LogP contribution in [0.3, 0.4) is 0 Å². The van der Waals surface area contributed by atoms with Gasteiger partial charge < -0.3 is 52.7 Å². The second-order valence-corrected chi connectivity index (χ2v) is 19.9. The highest BCUT2D eigenvalue weighted by Crippen LogP contribution is 2.33. The van der Waals surface area contributed by atoms with Gasteiger partial charge in [0.1, 0.15) is 25.4 Å². The number of carbonyl (C=O) groups excluding carboxylic acids is 8. The minimum Gasteiger partial charge on any atom is -0.462 e. The Morgan fingerprint density at radius 3 is 1.47 bits per heavy atom. The molecule has 0 aromatic rings. The molecule has 5 atom stereocenters. The van der Waals surface area contributed by atoms with Crippen LogP contribution in [0.5, 0.6) is 0 Å². The van der Waals surface area contributed by atoms with E-state index < -0.39 is 107 Å². The van der Waals surface area contributed by atoms with Crippen molar-refractivity contribution in [2.75, 3.05) is 66.1 Å². The fraction of sp³-hybridized carbons (Fsp3) is 0.822. The number of unbranched alkanes of at least 4 members (excludes halogenated alkanes) is 2. The normalized spacial score (nSPS) is 20.4. The molecule has 2 aliphatic rings. The number of esters is 4. The van der Waals surface area contributed by atoms with Crippen LogP contribution in [0.2, 0.25) is 0 Å². The van der Waals surface area contributed by atoms with Gasteiger partial charge in [0, 0.05) is 25.9 Å². The molecule has 0 aromatic carbocycles. The smallest absolute Gasteiger partial charge is 0.462 e. The van der Waals surface area contributed by atoms with Gasteiger partial charge in [-0.3, -0.25) is 38.4 Å². The largest absolute Gasteiger partial charge is 0.534 e. The lowest BCUT2D eigenvalue weighted by atomic mass is 9.92. The number of hydroxylamine groups is 2. The molecule has 21 heteroatoms. The molecule has 0 radical (unpaired) electrons. The van der Waals surface area contributed by atoms with Gasteiger partial charge in [0.25, 0.3) is 11.8 Å². The van der Waals surface area contributed by atoms with E-state index in [4.69, 9.17) is 47.4 Å². The van der Waals surface area contributed by atoms with Crippen LogP contribution in [0.4, 0.5) is 4.79 Å². The van der Waals surface area contributed by atoms with Crippen LogP contribution >= 0.6 is 0 Å². The molecule has 0 aliphatic carbocycles. The maximum Gasteiger partial charge on any atom is 0.534 e. The molecule has 378 valence electrons. The summed E-state index contributed by atoms with van der Waals surface area (Å²) in [6, 6.07) is -1.33. The lowest BCUT2D eigenvalue weighted by Gasteiger charge is -2.46. The number of nitrogens with zero attached hydrogens (tertiary/aromatic N) is 1. The van der Waals surface area contributed by atoms with Crippen LogP contribution in [-0.4, -0.2) is 150 Å². The highest BCUT2D eigenvalue weighted by Gasteiger charge is 2.54. The Morgan fingerprint density at radius 2 is 0.985 bits per heavy atom. The van der Waals surface area contributed by atoms with E-state index in [9.17, 15) is 38.4 Å². The second-order valence-electron chi connectivity index (χ2n) is 19.9. The third kappa shape index (κ3) is 21.0. The van der Waals surface area contributed by atoms with Crippen molar-refractivity contribution < 1.29 is 90.6 Å². The Kier molecular flexibility index (Phi) is 23.4. The van der Waals surface area contributed by atoms with E-state index in [0.29, 0.717) is 57.4 Å². The molecule has 0 aromatic heterocycles. The summed E-state index contributed by atoms with van der Waals surface area (Å²) in [6.45, 7) is 21.4. The van der Waals surface area contributed by atoms with Crippen molar-refractivity contribution >= 4 is 47.8 Å². The van der Waals surface area contributed by atoms with E-state index in [1.165, 1.54) is 0 Å². The molecule has 2 rings (SSSR count). The van der Waals surface area contributed by atoms with Crippen LogP contribution in [0, 0.1) is 21.7 Å². The Labute approximate surface area is 388 Å². The summed E-state index contributed by atoms with van der Waals surface area (Å²) in [5.41, 5.74) is -3.97. The number of nitrogens with one attached hydrogen (secondary N) is 1. The van der Waals surface area contributed by atoms with Gasteiger partial charge in [0.2, 0.25) is 12.2 Å². The van der Waals surface area contributed by atoms with Gasteiger partial charge in [0.15, 0.2) is 12.2 Å². The maximum absolute atomic E-state index is 13.6. The van der Waals surface area contributed by atoms with E-state index in [-0.39, 0.29) is 45.7 Å². The predicted molar refractivity (Wildman–Crippen MR) is 230 cm³/mol. The van der Waals surface area contributed by atoms with Gasteiger partial charge >= 0.3 is 30.0 Å². The first kappa shape index (κ1) is 57.7. The minimum absolute atomic E-state index is 0.0145. The molecule has 0 saturated carbocycles. The van der Waals surface area contributed by atoms with Crippen molar-refractivity contribution in [3.05, 3.63) is 0 Å². The van der Waals surface area contributed by atoms with Gasteiger partial charge in [-0.05, 0) is 95.9 Å². The van der Waals surface area contributed by atoms with Crippen molar-refractivity contribution in [1.82, 2.24) is 10.4 Å². The van der Waals surface area contributed by atoms with Crippen molar-refractivity contribution in [2.45, 2.75) is 152 Å². The molecule has 2 saturated heterocycles. The second kappa shape index (κ2) is 26.8. The summed E-state index contributed by atoms with van der Waals surface area (Å²) in [5, 5.41) is 3.23. The summed E-state index contributed by atoms with van der Waals surface area (Å²) < 4.78 is 56.3. The van der Waals surface area contributed by atoms with Gasteiger partial charge in [-0.1, -0.05) is 11.5 Å². The zero-order valence-electron chi connectivity index (χ0n) is 40.9. The summed E-state index contributed by atoms with van der Waals surface area (Å²) in [5.74, 6) is -4.32. The molecule has 0 bridgehead atoms. The molecular weight excluding hydrogens is 872 g/mol. The van der Waals surface area contributed by atoms with Crippen LogP contribution in [0.25, 0.3) is 0 Å². The summed E-state index contributed by atoms with van der Waals surface area (Å²) in [7, 11) is 0. The third-order valence-corrected chi connectivity index (χ3v) is 9.44. The van der Waals surface area contributed by atoms with Crippen LogP contribution in [0.1, 0.15) is 122 Å². The molecule has 2 fully saturated rings. The molecule has 0 spiro atoms. The monoisotopic (exact) mass is 946 g/mol. The van der Waals surface area contributed by atoms with Crippen LogP contribution in [0.15, 0.2) is 0 Å². The summed E-state index contributed by atoms with van der Waals surface area (Å²) in [4.78, 5) is 106. The molecule has 1 unspecified atom stereocenters. The Bertz CT molecular complexity index is 1610. The molecule has 2 aliphatic heterocycles. The van der Waals surface area contributed by atoms with Crippen molar-refractivity contribution in [1.29, 1.82) is 0 Å². The van der Waals surface area contributed by atoms with Crippen molar-refractivity contribution in [2.24, 2.45) is 21.7 Å². The Hall–Kier alpha value is -4.44. The maximum atomic E-state index is 13.6. The number of imide groups is 1. The van der Waals surface area contributed by atoms with Gasteiger partial charge in [0.05, 0.1) is 67.9 Å². The van der Waals surface area contributed by atoms with Crippen molar-refractivity contribution in [3.8, 4) is 0 Å². The highest BCUT2D eigenvalue weighted by atomic mass is 16.8. The SMILES string of the molecule is CC(C)(C)C(=O)OC[C@H]1OC(OC(=O)C(C)(C)C)[C@H](NC(=O)CCCCCOCCOCCOCCOCCOC(=O)ON2C(=O)CCC2=O)[C@@H](OC(=O)C(C)(C)C)[C@H]1OC(=O)C(C)(C)C. The van der Waals surface area contributed by atoms with Gasteiger partial charge in [-0.2, -0.15) is 0 Å². The topological polar surface area (TPSA) is 253 Å². The predicted octanol–water partition coefficient (Wildman–Crippen LogP) is 4.13. The van der Waals surface area contributed by atoms with Crippen LogP contribution < -0.4 is 5.32 Å². The number of rotatable bonds is 25. The van der Waals surface area contributed by atoms with E-state index in [0.717, 1.165) is 0 Å². The molecule has 2 heterocycles. The molecule has 1 N–H and O–H groups in total. The van der Waals surface area contributed by atoms with E-state index >= 15 is 0 Å². The number of hydrogen-bond acceptors (Lipinski definition) is 19.